The van der Waals surface area contributed by atoms with Crippen molar-refractivity contribution in [2.45, 2.75) is 53.0 Å². The van der Waals surface area contributed by atoms with E-state index in [9.17, 15) is 4.79 Å². The van der Waals surface area contributed by atoms with Gasteiger partial charge in [0.25, 0.3) is 5.91 Å². The third-order valence-corrected chi connectivity index (χ3v) is 3.48. The van der Waals surface area contributed by atoms with Crippen LogP contribution in [0.15, 0.2) is 18.2 Å². The molecule has 1 aromatic rings. The summed E-state index contributed by atoms with van der Waals surface area (Å²) in [7, 11) is 0. The standard InChI is InChI=1S/C16H26N2O/c1-5-7-8-18(13(4)6-2)16(19)14-9-12(3)10-15(17)11-14/h9-11,13H,5-8,17H2,1-4H3. The lowest BCUT2D eigenvalue weighted by Crippen LogP contribution is -2.39. The highest BCUT2D eigenvalue weighted by Gasteiger charge is 2.20. The first kappa shape index (κ1) is 15.5. The lowest BCUT2D eigenvalue weighted by molar-refractivity contribution is 0.0685. The molecule has 3 heteroatoms. The van der Waals surface area contributed by atoms with Crippen molar-refractivity contribution in [1.82, 2.24) is 4.90 Å². The van der Waals surface area contributed by atoms with Gasteiger partial charge >= 0.3 is 0 Å². The molecule has 0 spiro atoms. The second-order valence-corrected chi connectivity index (χ2v) is 5.24. The maximum Gasteiger partial charge on any atom is 0.254 e. The molecule has 19 heavy (non-hydrogen) atoms. The van der Waals surface area contributed by atoms with Gasteiger partial charge in [0.1, 0.15) is 0 Å². The molecule has 1 atom stereocenters. The summed E-state index contributed by atoms with van der Waals surface area (Å²) in [5, 5.41) is 0. The van der Waals surface area contributed by atoms with E-state index >= 15 is 0 Å². The van der Waals surface area contributed by atoms with Crippen LogP contribution < -0.4 is 5.73 Å². The first-order valence-corrected chi connectivity index (χ1v) is 7.17. The van der Waals surface area contributed by atoms with Gasteiger partial charge in [-0.05, 0) is 50.5 Å². The van der Waals surface area contributed by atoms with Crippen LogP contribution in [0.25, 0.3) is 0 Å². The summed E-state index contributed by atoms with van der Waals surface area (Å²) in [4.78, 5) is 14.6. The van der Waals surface area contributed by atoms with Crippen molar-refractivity contribution >= 4 is 11.6 Å². The monoisotopic (exact) mass is 262 g/mol. The van der Waals surface area contributed by atoms with E-state index in [1.165, 1.54) is 0 Å². The van der Waals surface area contributed by atoms with Crippen LogP contribution in [0.2, 0.25) is 0 Å². The predicted octanol–water partition coefficient (Wildman–Crippen LogP) is 3.62. The van der Waals surface area contributed by atoms with E-state index in [1.54, 1.807) is 6.07 Å². The molecular weight excluding hydrogens is 236 g/mol. The third kappa shape index (κ3) is 4.27. The van der Waals surface area contributed by atoms with Gasteiger partial charge in [-0.2, -0.15) is 0 Å². The Balaban J connectivity index is 2.97. The molecule has 1 rings (SSSR count). The van der Waals surface area contributed by atoms with Gasteiger partial charge in [-0.25, -0.2) is 0 Å². The van der Waals surface area contributed by atoms with E-state index in [2.05, 4.69) is 20.8 Å². The Morgan fingerprint density at radius 3 is 2.53 bits per heavy atom. The SMILES string of the molecule is CCCCN(C(=O)c1cc(C)cc(N)c1)C(C)CC. The minimum absolute atomic E-state index is 0.0956. The van der Waals surface area contributed by atoms with Gasteiger partial charge in [-0.1, -0.05) is 20.3 Å². The summed E-state index contributed by atoms with van der Waals surface area (Å²) in [6.07, 6.45) is 3.10. The summed E-state index contributed by atoms with van der Waals surface area (Å²) in [5.41, 5.74) is 8.22. The maximum atomic E-state index is 12.6. The first-order valence-electron chi connectivity index (χ1n) is 7.17. The molecule has 1 amide bonds. The lowest BCUT2D eigenvalue weighted by Gasteiger charge is -2.29. The van der Waals surface area contributed by atoms with Gasteiger partial charge in [0.05, 0.1) is 0 Å². The van der Waals surface area contributed by atoms with Crippen molar-refractivity contribution in [2.24, 2.45) is 0 Å². The molecule has 0 fully saturated rings. The van der Waals surface area contributed by atoms with E-state index in [-0.39, 0.29) is 11.9 Å². The molecule has 0 heterocycles. The van der Waals surface area contributed by atoms with Crippen LogP contribution in [-0.4, -0.2) is 23.4 Å². The summed E-state index contributed by atoms with van der Waals surface area (Å²) < 4.78 is 0. The second kappa shape index (κ2) is 7.17. The molecular formula is C16H26N2O. The lowest BCUT2D eigenvalue weighted by atomic mass is 10.1. The number of hydrogen-bond donors (Lipinski definition) is 1. The topological polar surface area (TPSA) is 46.3 Å². The molecule has 3 nitrogen and oxygen atoms in total. The molecule has 0 saturated carbocycles. The maximum absolute atomic E-state index is 12.6. The summed E-state index contributed by atoms with van der Waals surface area (Å²) in [6, 6.07) is 5.84. The highest BCUT2D eigenvalue weighted by atomic mass is 16.2. The largest absolute Gasteiger partial charge is 0.399 e. The molecule has 2 N–H and O–H groups in total. The van der Waals surface area contributed by atoms with Gasteiger partial charge < -0.3 is 10.6 Å². The normalized spacial score (nSPS) is 12.2. The van der Waals surface area contributed by atoms with Crippen molar-refractivity contribution in [3.05, 3.63) is 29.3 Å². The molecule has 0 saturated heterocycles. The Kier molecular flexibility index (Phi) is 5.87. The number of anilines is 1. The quantitative estimate of drug-likeness (QED) is 0.796. The Morgan fingerprint density at radius 1 is 1.32 bits per heavy atom. The van der Waals surface area contributed by atoms with E-state index < -0.39 is 0 Å². The second-order valence-electron chi connectivity index (χ2n) is 5.24. The number of nitrogens with zero attached hydrogens (tertiary/aromatic N) is 1. The predicted molar refractivity (Wildman–Crippen MR) is 81.3 cm³/mol. The van der Waals surface area contributed by atoms with Crippen LogP contribution in [0.5, 0.6) is 0 Å². The van der Waals surface area contributed by atoms with Crippen molar-refractivity contribution < 1.29 is 4.79 Å². The fraction of sp³-hybridized carbons (Fsp3) is 0.562. The number of nitrogens with two attached hydrogens (primary N) is 1. The first-order chi connectivity index (χ1) is 8.99. The Bertz CT molecular complexity index is 409. The molecule has 0 radical (unpaired) electrons. The summed E-state index contributed by atoms with van der Waals surface area (Å²) in [5.74, 6) is 0.0956. The molecule has 0 aliphatic rings. The fourth-order valence-electron chi connectivity index (χ4n) is 2.17. The smallest absolute Gasteiger partial charge is 0.254 e. The molecule has 0 aromatic heterocycles. The highest BCUT2D eigenvalue weighted by molar-refractivity contribution is 5.95. The average Bonchev–Trinajstić information content (AvgIpc) is 2.37. The number of nitrogen functional groups attached to an aromatic ring is 1. The van der Waals surface area contributed by atoms with Crippen LogP contribution in [0.4, 0.5) is 5.69 Å². The minimum atomic E-state index is 0.0956. The van der Waals surface area contributed by atoms with Gasteiger partial charge in [-0.15, -0.1) is 0 Å². The van der Waals surface area contributed by atoms with Crippen LogP contribution >= 0.6 is 0 Å². The minimum Gasteiger partial charge on any atom is -0.399 e. The molecule has 1 aromatic carbocycles. The van der Waals surface area contributed by atoms with E-state index in [0.717, 1.165) is 31.4 Å². The van der Waals surface area contributed by atoms with E-state index in [0.29, 0.717) is 11.3 Å². The number of unbranched alkanes of at least 4 members (excludes halogenated alkanes) is 1. The van der Waals surface area contributed by atoms with Crippen molar-refractivity contribution in [1.29, 1.82) is 0 Å². The van der Waals surface area contributed by atoms with Crippen molar-refractivity contribution in [3.63, 3.8) is 0 Å². The van der Waals surface area contributed by atoms with E-state index in [1.807, 2.05) is 24.0 Å². The van der Waals surface area contributed by atoms with Crippen molar-refractivity contribution in [3.8, 4) is 0 Å². The Labute approximate surface area is 116 Å². The zero-order chi connectivity index (χ0) is 14.4. The highest BCUT2D eigenvalue weighted by Crippen LogP contribution is 2.16. The van der Waals surface area contributed by atoms with Crippen molar-refractivity contribution in [2.75, 3.05) is 12.3 Å². The Morgan fingerprint density at radius 2 is 2.00 bits per heavy atom. The van der Waals surface area contributed by atoms with Crippen LogP contribution in [0, 0.1) is 6.92 Å². The van der Waals surface area contributed by atoms with Crippen LogP contribution in [0.3, 0.4) is 0 Å². The number of carbonyl (C=O) groups is 1. The van der Waals surface area contributed by atoms with Gasteiger partial charge in [-0.3, -0.25) is 4.79 Å². The number of rotatable bonds is 6. The van der Waals surface area contributed by atoms with Gasteiger partial charge in [0, 0.05) is 23.8 Å². The zero-order valence-corrected chi connectivity index (χ0v) is 12.6. The average molecular weight is 262 g/mol. The van der Waals surface area contributed by atoms with E-state index in [4.69, 9.17) is 5.73 Å². The Hall–Kier alpha value is -1.51. The molecule has 0 aliphatic heterocycles. The van der Waals surface area contributed by atoms with Crippen LogP contribution in [0.1, 0.15) is 56.0 Å². The molecule has 1 unspecified atom stereocenters. The number of carbonyl (C=O) groups excluding carboxylic acids is 1. The fourth-order valence-corrected chi connectivity index (χ4v) is 2.17. The van der Waals surface area contributed by atoms with Gasteiger partial charge in [0.2, 0.25) is 0 Å². The molecule has 106 valence electrons. The van der Waals surface area contributed by atoms with Gasteiger partial charge in [0.15, 0.2) is 0 Å². The summed E-state index contributed by atoms with van der Waals surface area (Å²) >= 11 is 0. The zero-order valence-electron chi connectivity index (χ0n) is 12.6. The number of benzene rings is 1. The number of hydrogen-bond acceptors (Lipinski definition) is 2. The molecule has 0 bridgehead atoms. The number of amides is 1. The number of aryl methyl sites for hydroxylation is 1. The van der Waals surface area contributed by atoms with Crippen LogP contribution in [-0.2, 0) is 0 Å². The molecule has 0 aliphatic carbocycles. The third-order valence-electron chi connectivity index (χ3n) is 3.48. The summed E-state index contributed by atoms with van der Waals surface area (Å²) in [6.45, 7) is 9.14.